The highest BCUT2D eigenvalue weighted by Gasteiger charge is 2.26. The van der Waals surface area contributed by atoms with Gasteiger partial charge in [-0.15, -0.1) is 0 Å². The first-order chi connectivity index (χ1) is 7.56. The van der Waals surface area contributed by atoms with Crippen molar-refractivity contribution >= 4 is 11.4 Å². The van der Waals surface area contributed by atoms with Crippen LogP contribution in [-0.4, -0.2) is 6.04 Å². The Hall–Kier alpha value is -1.32. The third kappa shape index (κ3) is 2.26. The summed E-state index contributed by atoms with van der Waals surface area (Å²) in [5.41, 5.74) is 6.40. The largest absolute Gasteiger partial charge is 0.399 e. The minimum Gasteiger partial charge on any atom is -0.399 e. The van der Waals surface area contributed by atoms with E-state index >= 15 is 0 Å². The van der Waals surface area contributed by atoms with Gasteiger partial charge >= 0.3 is 0 Å². The van der Waals surface area contributed by atoms with Gasteiger partial charge in [0.2, 0.25) is 0 Å². The van der Waals surface area contributed by atoms with Gasteiger partial charge in [0.05, 0.1) is 0 Å². The SMILES string of the molecule is CC1CC(Nc2ccc(N)cc2C(F)F)C1. The molecule has 1 aromatic carbocycles. The van der Waals surface area contributed by atoms with Gasteiger partial charge in [-0.1, -0.05) is 6.92 Å². The normalized spacial score (nSPS) is 24.2. The number of nitrogens with two attached hydrogens (primary N) is 1. The van der Waals surface area contributed by atoms with Gasteiger partial charge < -0.3 is 11.1 Å². The molecule has 1 fully saturated rings. The summed E-state index contributed by atoms with van der Waals surface area (Å²) in [7, 11) is 0. The molecule has 1 aliphatic carbocycles. The first-order valence-corrected chi connectivity index (χ1v) is 5.50. The fourth-order valence-electron chi connectivity index (χ4n) is 2.13. The van der Waals surface area contributed by atoms with E-state index in [-0.39, 0.29) is 5.56 Å². The van der Waals surface area contributed by atoms with Crippen molar-refractivity contribution in [2.24, 2.45) is 5.92 Å². The third-order valence-corrected chi connectivity index (χ3v) is 3.04. The highest BCUT2D eigenvalue weighted by molar-refractivity contribution is 5.59. The molecule has 0 atom stereocenters. The molecule has 0 amide bonds. The summed E-state index contributed by atoms with van der Waals surface area (Å²) < 4.78 is 25.5. The van der Waals surface area contributed by atoms with E-state index in [1.807, 2.05) is 0 Å². The molecule has 0 saturated heterocycles. The van der Waals surface area contributed by atoms with E-state index in [0.717, 1.165) is 12.8 Å². The number of rotatable bonds is 3. The molecule has 0 unspecified atom stereocenters. The maximum Gasteiger partial charge on any atom is 0.265 e. The summed E-state index contributed by atoms with van der Waals surface area (Å²) in [5.74, 6) is 0.696. The molecule has 1 saturated carbocycles. The Morgan fingerprint density at radius 2 is 2.06 bits per heavy atom. The van der Waals surface area contributed by atoms with Crippen molar-refractivity contribution in [2.75, 3.05) is 11.1 Å². The van der Waals surface area contributed by atoms with E-state index in [2.05, 4.69) is 12.2 Å². The van der Waals surface area contributed by atoms with E-state index in [9.17, 15) is 8.78 Å². The Labute approximate surface area is 93.8 Å². The standard InChI is InChI=1S/C12H16F2N2/c1-7-4-9(5-7)16-11-3-2-8(15)6-10(11)12(13)14/h2-3,6-7,9,12,16H,4-5,15H2,1H3. The van der Waals surface area contributed by atoms with Crippen LogP contribution in [0.25, 0.3) is 0 Å². The fraction of sp³-hybridized carbons (Fsp3) is 0.500. The predicted molar refractivity (Wildman–Crippen MR) is 61.6 cm³/mol. The second kappa shape index (κ2) is 4.28. The lowest BCUT2D eigenvalue weighted by atomic mass is 9.81. The second-order valence-corrected chi connectivity index (χ2v) is 4.57. The first-order valence-electron chi connectivity index (χ1n) is 5.50. The van der Waals surface area contributed by atoms with Crippen LogP contribution in [0, 0.1) is 5.92 Å². The van der Waals surface area contributed by atoms with Crippen LogP contribution < -0.4 is 11.1 Å². The van der Waals surface area contributed by atoms with E-state index in [0.29, 0.717) is 23.3 Å². The number of hydrogen-bond acceptors (Lipinski definition) is 2. The summed E-state index contributed by atoms with van der Waals surface area (Å²) >= 11 is 0. The van der Waals surface area contributed by atoms with Gasteiger partial charge in [-0.25, -0.2) is 8.78 Å². The molecule has 16 heavy (non-hydrogen) atoms. The van der Waals surface area contributed by atoms with Gasteiger partial charge in [0.15, 0.2) is 0 Å². The van der Waals surface area contributed by atoms with Crippen molar-refractivity contribution in [3.8, 4) is 0 Å². The van der Waals surface area contributed by atoms with Crippen molar-refractivity contribution in [3.63, 3.8) is 0 Å². The second-order valence-electron chi connectivity index (χ2n) is 4.57. The van der Waals surface area contributed by atoms with Crippen LogP contribution in [0.3, 0.4) is 0 Å². The molecule has 0 heterocycles. The zero-order valence-corrected chi connectivity index (χ0v) is 9.21. The maximum atomic E-state index is 12.8. The summed E-state index contributed by atoms with van der Waals surface area (Å²) in [6, 6.07) is 4.96. The van der Waals surface area contributed by atoms with Crippen LogP contribution in [0.5, 0.6) is 0 Å². The van der Waals surface area contributed by atoms with E-state index in [1.54, 1.807) is 12.1 Å². The summed E-state index contributed by atoms with van der Waals surface area (Å²) in [6.07, 6.45) is -0.386. The van der Waals surface area contributed by atoms with E-state index < -0.39 is 6.43 Å². The molecule has 2 nitrogen and oxygen atoms in total. The van der Waals surface area contributed by atoms with Gasteiger partial charge in [0.25, 0.3) is 6.43 Å². The van der Waals surface area contributed by atoms with Gasteiger partial charge in [-0.3, -0.25) is 0 Å². The van der Waals surface area contributed by atoms with Crippen molar-refractivity contribution in [3.05, 3.63) is 23.8 Å². The van der Waals surface area contributed by atoms with Crippen molar-refractivity contribution in [1.82, 2.24) is 0 Å². The van der Waals surface area contributed by atoms with Crippen molar-refractivity contribution < 1.29 is 8.78 Å². The molecule has 88 valence electrons. The Kier molecular flexibility index (Phi) is 2.99. The van der Waals surface area contributed by atoms with E-state index in [1.165, 1.54) is 6.07 Å². The lowest BCUT2D eigenvalue weighted by molar-refractivity contribution is 0.152. The third-order valence-electron chi connectivity index (χ3n) is 3.04. The number of halogens is 2. The van der Waals surface area contributed by atoms with Crippen molar-refractivity contribution in [1.29, 1.82) is 0 Å². The van der Waals surface area contributed by atoms with Gasteiger partial charge in [0, 0.05) is 23.0 Å². The zero-order valence-electron chi connectivity index (χ0n) is 9.21. The maximum absolute atomic E-state index is 12.8. The molecule has 0 aromatic heterocycles. The monoisotopic (exact) mass is 226 g/mol. The zero-order chi connectivity index (χ0) is 11.7. The number of hydrogen-bond donors (Lipinski definition) is 2. The molecule has 1 aliphatic rings. The van der Waals surface area contributed by atoms with Gasteiger partial charge in [0.1, 0.15) is 0 Å². The summed E-state index contributed by atoms with van der Waals surface area (Å²) in [4.78, 5) is 0. The highest BCUT2D eigenvalue weighted by atomic mass is 19.3. The Morgan fingerprint density at radius 1 is 1.38 bits per heavy atom. The molecule has 0 spiro atoms. The topological polar surface area (TPSA) is 38.0 Å². The molecular formula is C12H16F2N2. The average molecular weight is 226 g/mol. The molecule has 3 N–H and O–H groups in total. The lowest BCUT2D eigenvalue weighted by Gasteiger charge is -2.34. The number of nitrogen functional groups attached to an aromatic ring is 1. The summed E-state index contributed by atoms with van der Waals surface area (Å²) in [5, 5.41) is 3.15. The van der Waals surface area contributed by atoms with E-state index in [4.69, 9.17) is 5.73 Å². The van der Waals surface area contributed by atoms with Crippen LogP contribution in [0.4, 0.5) is 20.2 Å². The fourth-order valence-corrected chi connectivity index (χ4v) is 2.13. The van der Waals surface area contributed by atoms with Crippen LogP contribution >= 0.6 is 0 Å². The highest BCUT2D eigenvalue weighted by Crippen LogP contribution is 2.34. The molecule has 4 heteroatoms. The number of nitrogens with one attached hydrogen (secondary N) is 1. The van der Waals surface area contributed by atoms with Crippen LogP contribution in [-0.2, 0) is 0 Å². The smallest absolute Gasteiger partial charge is 0.265 e. The van der Waals surface area contributed by atoms with Crippen molar-refractivity contribution in [2.45, 2.75) is 32.2 Å². The Morgan fingerprint density at radius 3 is 2.62 bits per heavy atom. The molecule has 0 radical (unpaired) electrons. The molecule has 0 bridgehead atoms. The Balaban J connectivity index is 2.13. The quantitative estimate of drug-likeness (QED) is 0.775. The molecule has 0 aliphatic heterocycles. The number of alkyl halides is 2. The number of anilines is 2. The lowest BCUT2D eigenvalue weighted by Crippen LogP contribution is -2.34. The van der Waals surface area contributed by atoms with Gasteiger partial charge in [-0.2, -0.15) is 0 Å². The Bertz CT molecular complexity index is 373. The number of benzene rings is 1. The first kappa shape index (κ1) is 11.2. The van der Waals surface area contributed by atoms with Gasteiger partial charge in [-0.05, 0) is 37.0 Å². The van der Waals surface area contributed by atoms with Crippen LogP contribution in [0.15, 0.2) is 18.2 Å². The molecular weight excluding hydrogens is 210 g/mol. The van der Waals surface area contributed by atoms with Crippen LogP contribution in [0.1, 0.15) is 31.8 Å². The average Bonchev–Trinajstić information content (AvgIpc) is 2.17. The molecule has 2 rings (SSSR count). The minimum absolute atomic E-state index is 0.000414. The summed E-state index contributed by atoms with van der Waals surface area (Å²) in [6.45, 7) is 2.16. The van der Waals surface area contributed by atoms with Crippen LogP contribution in [0.2, 0.25) is 0 Å². The predicted octanol–water partition coefficient (Wildman–Crippen LogP) is 3.42. The minimum atomic E-state index is -2.48. The molecule has 1 aromatic rings.